The summed E-state index contributed by atoms with van der Waals surface area (Å²) in [5, 5.41) is 35.8. The van der Waals surface area contributed by atoms with E-state index in [0.29, 0.717) is 4.74 Å². The van der Waals surface area contributed by atoms with Gasteiger partial charge in [-0.2, -0.15) is 0 Å². The van der Waals surface area contributed by atoms with Crippen molar-refractivity contribution in [1.29, 1.82) is 0 Å². The summed E-state index contributed by atoms with van der Waals surface area (Å²) < 4.78 is 5.08. The lowest BCUT2D eigenvalue weighted by atomic mass is 9.86. The number of rotatable bonds is 2. The Hall–Kier alpha value is -2.47. The number of aliphatic hydroxyl groups is 2. The Morgan fingerprint density at radius 3 is 2.91 bits per heavy atom. The second kappa shape index (κ2) is 4.27. The quantitative estimate of drug-likeness (QED) is 0.165. The minimum Gasteiger partial charge on any atom is -0.744 e. The van der Waals surface area contributed by atoms with Crippen LogP contribution in [0.1, 0.15) is 6.42 Å². The summed E-state index contributed by atoms with van der Waals surface area (Å²) in [6.45, 7) is -0.304. The number of primary amides is 1. The molecule has 0 aliphatic carbocycles. The van der Waals surface area contributed by atoms with Gasteiger partial charge in [-0.05, 0) is 0 Å². The molecule has 0 aromatic heterocycles. The summed E-state index contributed by atoms with van der Waals surface area (Å²) in [5.74, 6) is -2.56. The molecule has 12 nitrogen and oxygen atoms in total. The highest BCUT2D eigenvalue weighted by molar-refractivity contribution is 5.85. The monoisotopic (exact) mass is 315 g/mol. The fourth-order valence-electron chi connectivity index (χ4n) is 3.36. The molecular weight excluding hydrogens is 298 g/mol. The van der Waals surface area contributed by atoms with Gasteiger partial charge in [-0.15, -0.1) is 0 Å². The predicted octanol–water partition coefficient (Wildman–Crippen LogP) is -4.34. The molecule has 0 aromatic rings. The van der Waals surface area contributed by atoms with Crippen LogP contribution in [0.2, 0.25) is 0 Å². The van der Waals surface area contributed by atoms with E-state index in [4.69, 9.17) is 17.2 Å². The van der Waals surface area contributed by atoms with Crippen LogP contribution in [0, 0.1) is 5.21 Å². The van der Waals surface area contributed by atoms with Crippen LogP contribution in [-0.2, 0) is 4.74 Å². The standard InChI is InChI=1S/C10H17N7O5/c11-6-14-5-4(3-22-8(13)18)17(21)7(12)16-2-1-9(19,20)10(5,16)15-6/h4-5,19-20H,1-3,12H2,(H2,13,18)(H3,11,14,15)/t4-,5?,10?/m0/s1. The van der Waals surface area contributed by atoms with Gasteiger partial charge < -0.3 is 36.9 Å². The van der Waals surface area contributed by atoms with Crippen LogP contribution in [0.5, 0.6) is 0 Å². The molecule has 0 aromatic carbocycles. The molecule has 1 spiro atoms. The SMILES string of the molecule is NC(=O)OC[C@H]1C2N=C(N)NC23N(CCC3(O)O)C(N)=[N+]1[O-]. The van der Waals surface area contributed by atoms with Gasteiger partial charge in [0.25, 0.3) is 0 Å². The van der Waals surface area contributed by atoms with Crippen molar-refractivity contribution in [2.45, 2.75) is 30.0 Å². The number of hydrogen-bond donors (Lipinski definition) is 6. The van der Waals surface area contributed by atoms with Crippen LogP contribution in [0.4, 0.5) is 4.79 Å². The number of hydrogen-bond acceptors (Lipinski definition) is 10. The lowest BCUT2D eigenvalue weighted by Gasteiger charge is -2.47. The lowest BCUT2D eigenvalue weighted by Crippen LogP contribution is -2.79. The van der Waals surface area contributed by atoms with Crippen molar-refractivity contribution in [3.05, 3.63) is 5.21 Å². The zero-order chi connectivity index (χ0) is 16.3. The van der Waals surface area contributed by atoms with Crippen molar-refractivity contribution < 1.29 is 24.5 Å². The van der Waals surface area contributed by atoms with Crippen LogP contribution in [-0.4, -0.2) is 74.5 Å². The molecule has 0 radical (unpaired) electrons. The van der Waals surface area contributed by atoms with Gasteiger partial charge in [0, 0.05) is 6.42 Å². The molecule has 9 N–H and O–H groups in total. The molecule has 2 unspecified atom stereocenters. The van der Waals surface area contributed by atoms with Gasteiger partial charge >= 0.3 is 12.1 Å². The van der Waals surface area contributed by atoms with E-state index in [-0.39, 0.29) is 24.9 Å². The molecule has 12 heteroatoms. The van der Waals surface area contributed by atoms with Crippen LogP contribution in [0.25, 0.3) is 0 Å². The number of guanidine groups is 2. The zero-order valence-corrected chi connectivity index (χ0v) is 11.5. The third-order valence-electron chi connectivity index (χ3n) is 4.31. The maximum absolute atomic E-state index is 12.3. The Kier molecular flexibility index (Phi) is 2.81. The molecule has 3 atom stereocenters. The number of amides is 1. The highest BCUT2D eigenvalue weighted by atomic mass is 16.6. The summed E-state index contributed by atoms with van der Waals surface area (Å²) >= 11 is 0. The summed E-state index contributed by atoms with van der Waals surface area (Å²) in [7, 11) is 0. The Bertz CT molecular complexity index is 590. The Labute approximate surface area is 124 Å². The molecule has 0 saturated carbocycles. The molecule has 22 heavy (non-hydrogen) atoms. The first kappa shape index (κ1) is 14.5. The van der Waals surface area contributed by atoms with E-state index in [1.807, 2.05) is 0 Å². The number of carbonyl (C=O) groups is 1. The molecule has 3 aliphatic heterocycles. The number of nitrogens with zero attached hydrogens (tertiary/aromatic N) is 3. The van der Waals surface area contributed by atoms with E-state index in [9.17, 15) is 20.2 Å². The van der Waals surface area contributed by atoms with Gasteiger partial charge in [-0.1, -0.05) is 0 Å². The highest BCUT2D eigenvalue weighted by Gasteiger charge is 2.73. The second-order valence-corrected chi connectivity index (χ2v) is 5.45. The molecule has 122 valence electrons. The molecule has 0 bridgehead atoms. The highest BCUT2D eigenvalue weighted by Crippen LogP contribution is 2.44. The first-order valence-electron chi connectivity index (χ1n) is 6.55. The minimum atomic E-state index is -2.24. The van der Waals surface area contributed by atoms with Gasteiger partial charge in [0.2, 0.25) is 11.4 Å². The average Bonchev–Trinajstić information content (AvgIpc) is 2.89. The van der Waals surface area contributed by atoms with E-state index in [1.54, 1.807) is 0 Å². The summed E-state index contributed by atoms with van der Waals surface area (Å²) in [6, 6.07) is -2.12. The second-order valence-electron chi connectivity index (χ2n) is 5.45. The van der Waals surface area contributed by atoms with E-state index in [1.165, 1.54) is 4.90 Å². The fourth-order valence-corrected chi connectivity index (χ4v) is 3.36. The normalized spacial score (nSPS) is 35.5. The number of carbonyl (C=O) groups excluding carboxylic acids is 1. The van der Waals surface area contributed by atoms with Gasteiger partial charge in [-0.3, -0.25) is 10.5 Å². The van der Waals surface area contributed by atoms with Crippen LogP contribution in [0.3, 0.4) is 0 Å². The molecule has 1 saturated heterocycles. The number of nitrogens with one attached hydrogen (secondary N) is 1. The van der Waals surface area contributed by atoms with Crippen LogP contribution < -0.4 is 22.5 Å². The number of ether oxygens (including phenoxy) is 1. The molecule has 1 amide bonds. The van der Waals surface area contributed by atoms with Crippen LogP contribution in [0.15, 0.2) is 4.99 Å². The zero-order valence-electron chi connectivity index (χ0n) is 11.5. The van der Waals surface area contributed by atoms with Crippen LogP contribution >= 0.6 is 0 Å². The predicted molar refractivity (Wildman–Crippen MR) is 71.9 cm³/mol. The van der Waals surface area contributed by atoms with Gasteiger partial charge in [0.05, 0.1) is 6.54 Å². The largest absolute Gasteiger partial charge is 0.744 e. The van der Waals surface area contributed by atoms with E-state index in [0.717, 1.165) is 0 Å². The third kappa shape index (κ3) is 1.61. The van der Waals surface area contributed by atoms with Crippen molar-refractivity contribution in [3.63, 3.8) is 0 Å². The first-order chi connectivity index (χ1) is 10.2. The van der Waals surface area contributed by atoms with Gasteiger partial charge in [0.15, 0.2) is 12.0 Å². The van der Waals surface area contributed by atoms with Crippen molar-refractivity contribution in [3.8, 4) is 0 Å². The molecule has 3 aliphatic rings. The number of hydroxylamine groups is 1. The first-order valence-corrected chi connectivity index (χ1v) is 6.55. The minimum absolute atomic E-state index is 0.0722. The van der Waals surface area contributed by atoms with Crippen molar-refractivity contribution in [2.24, 2.45) is 22.2 Å². The molecular formula is C10H17N7O5. The smallest absolute Gasteiger partial charge is 0.404 e. The Balaban J connectivity index is 2.08. The third-order valence-corrected chi connectivity index (χ3v) is 4.31. The molecule has 1 fully saturated rings. The fraction of sp³-hybridized carbons (Fsp3) is 0.700. The van der Waals surface area contributed by atoms with Crippen molar-refractivity contribution in [2.75, 3.05) is 13.2 Å². The van der Waals surface area contributed by atoms with Gasteiger partial charge in [0.1, 0.15) is 12.6 Å². The molecule has 3 heterocycles. The van der Waals surface area contributed by atoms with E-state index >= 15 is 0 Å². The Morgan fingerprint density at radius 1 is 1.59 bits per heavy atom. The Morgan fingerprint density at radius 2 is 2.27 bits per heavy atom. The molecule has 3 rings (SSSR count). The maximum atomic E-state index is 12.3. The van der Waals surface area contributed by atoms with Crippen molar-refractivity contribution >= 4 is 18.0 Å². The van der Waals surface area contributed by atoms with E-state index < -0.39 is 36.2 Å². The number of aliphatic imine (C=N–C) groups is 1. The number of nitrogens with two attached hydrogens (primary N) is 3. The lowest BCUT2D eigenvalue weighted by molar-refractivity contribution is -0.529. The summed E-state index contributed by atoms with van der Waals surface area (Å²) in [6.07, 6.45) is -1.14. The van der Waals surface area contributed by atoms with Gasteiger partial charge in [-0.25, -0.2) is 14.7 Å². The summed E-state index contributed by atoms with van der Waals surface area (Å²) in [4.78, 5) is 16.2. The maximum Gasteiger partial charge on any atom is 0.404 e. The topological polar surface area (TPSA) is 199 Å². The average molecular weight is 315 g/mol. The van der Waals surface area contributed by atoms with Crippen molar-refractivity contribution in [1.82, 2.24) is 10.2 Å². The summed E-state index contributed by atoms with van der Waals surface area (Å²) in [5.41, 5.74) is 14.8. The van der Waals surface area contributed by atoms with E-state index in [2.05, 4.69) is 15.0 Å².